The number of Topliss-reactive ketones (excluding diaryl/α,β-unsaturated/α-hetero) is 1. The van der Waals surface area contributed by atoms with E-state index in [2.05, 4.69) is 10.1 Å². The molecular weight excluding hydrogens is 134 g/mol. The highest BCUT2D eigenvalue weighted by Crippen LogP contribution is 2.08. The number of hydrogen-bond acceptors (Lipinski definition) is 3. The monoisotopic (exact) mass is 143 g/mol. The molecule has 10 heavy (non-hydrogen) atoms. The van der Waals surface area contributed by atoms with Gasteiger partial charge in [-0.3, -0.25) is 4.79 Å². The summed E-state index contributed by atoms with van der Waals surface area (Å²) in [6.07, 6.45) is -1.10. The van der Waals surface area contributed by atoms with Crippen molar-refractivity contribution in [2.24, 2.45) is 0 Å². The van der Waals surface area contributed by atoms with Gasteiger partial charge in [0.05, 0.1) is 6.04 Å². The van der Waals surface area contributed by atoms with Crippen LogP contribution in [0.5, 0.6) is 0 Å². The largest absolute Gasteiger partial charge is 0.436 e. The van der Waals surface area contributed by atoms with Crippen molar-refractivity contribution in [1.29, 1.82) is 0 Å². The summed E-state index contributed by atoms with van der Waals surface area (Å²) in [5.74, 6) is -0.120. The molecule has 56 valence electrons. The molecule has 4 nitrogen and oxygen atoms in total. The van der Waals surface area contributed by atoms with Gasteiger partial charge in [0.25, 0.3) is 0 Å². The van der Waals surface area contributed by atoms with E-state index in [4.69, 9.17) is 0 Å². The molecule has 1 aliphatic heterocycles. The number of cyclic esters (lactones) is 1. The molecule has 0 aromatic rings. The fourth-order valence-corrected chi connectivity index (χ4v) is 0.948. The van der Waals surface area contributed by atoms with E-state index in [-0.39, 0.29) is 11.8 Å². The minimum atomic E-state index is -0.590. The third-order valence-electron chi connectivity index (χ3n) is 1.43. The first-order chi connectivity index (χ1) is 4.61. The number of amides is 1. The van der Waals surface area contributed by atoms with Crippen molar-refractivity contribution < 1.29 is 14.3 Å². The van der Waals surface area contributed by atoms with Gasteiger partial charge >= 0.3 is 6.09 Å². The van der Waals surface area contributed by atoms with Gasteiger partial charge in [-0.2, -0.15) is 0 Å². The van der Waals surface area contributed by atoms with Gasteiger partial charge in [-0.05, 0) is 13.8 Å². The highest BCUT2D eigenvalue weighted by Gasteiger charge is 2.33. The van der Waals surface area contributed by atoms with Gasteiger partial charge in [-0.1, -0.05) is 0 Å². The summed E-state index contributed by atoms with van der Waals surface area (Å²) in [4.78, 5) is 21.2. The predicted octanol–water partition coefficient (Wildman–Crippen LogP) is 0.0723. The van der Waals surface area contributed by atoms with E-state index in [9.17, 15) is 9.59 Å². The van der Waals surface area contributed by atoms with Crippen LogP contribution in [0.2, 0.25) is 0 Å². The second kappa shape index (κ2) is 2.28. The van der Waals surface area contributed by atoms with Crippen LogP contribution in [-0.2, 0) is 9.53 Å². The Labute approximate surface area is 58.5 Å². The van der Waals surface area contributed by atoms with Gasteiger partial charge in [0.2, 0.25) is 0 Å². The highest BCUT2D eigenvalue weighted by atomic mass is 16.6. The van der Waals surface area contributed by atoms with Crippen LogP contribution in [0.15, 0.2) is 0 Å². The first-order valence-electron chi connectivity index (χ1n) is 3.09. The summed E-state index contributed by atoms with van der Waals surface area (Å²) in [6.45, 7) is 3.14. The minimum Gasteiger partial charge on any atom is -0.436 e. The number of hydrogen-bond donors (Lipinski definition) is 1. The van der Waals surface area contributed by atoms with E-state index in [0.717, 1.165) is 0 Å². The summed E-state index contributed by atoms with van der Waals surface area (Å²) >= 11 is 0. The van der Waals surface area contributed by atoms with Crippen LogP contribution >= 0.6 is 0 Å². The molecule has 0 saturated carbocycles. The standard InChI is InChI=1S/C6H9NO3/c1-3-5(4(2)8)10-6(9)7-3/h3,5H,1-2H3,(H,7,9)/t3-,5?/m1/s1. The molecule has 1 aliphatic rings. The molecule has 4 heteroatoms. The molecule has 0 radical (unpaired) electrons. The van der Waals surface area contributed by atoms with Crippen molar-refractivity contribution in [3.8, 4) is 0 Å². The Kier molecular flexibility index (Phi) is 1.61. The Morgan fingerprint density at radius 2 is 2.30 bits per heavy atom. The predicted molar refractivity (Wildman–Crippen MR) is 33.5 cm³/mol. The number of rotatable bonds is 1. The van der Waals surface area contributed by atoms with Gasteiger partial charge in [-0.15, -0.1) is 0 Å². The molecule has 1 amide bonds. The zero-order chi connectivity index (χ0) is 7.72. The Bertz CT molecular complexity index is 178. The number of ketones is 1. The van der Waals surface area contributed by atoms with Crippen molar-refractivity contribution >= 4 is 11.9 Å². The number of carbonyl (C=O) groups is 2. The SMILES string of the molecule is CC(=O)C1OC(=O)N[C@@H]1C. The average molecular weight is 143 g/mol. The number of nitrogens with one attached hydrogen (secondary N) is 1. The number of alkyl carbamates (subject to hydrolysis) is 1. The Balaban J connectivity index is 2.63. The normalized spacial score (nSPS) is 31.2. The minimum absolute atomic E-state index is 0.120. The second-order valence-corrected chi connectivity index (χ2v) is 2.37. The van der Waals surface area contributed by atoms with Gasteiger partial charge in [-0.25, -0.2) is 4.79 Å². The van der Waals surface area contributed by atoms with Gasteiger partial charge in [0.1, 0.15) is 0 Å². The molecular formula is C6H9NO3. The Morgan fingerprint density at radius 1 is 1.70 bits per heavy atom. The fraction of sp³-hybridized carbons (Fsp3) is 0.667. The van der Waals surface area contributed by atoms with Crippen molar-refractivity contribution in [2.45, 2.75) is 26.0 Å². The molecule has 0 aromatic carbocycles. The first-order valence-corrected chi connectivity index (χ1v) is 3.09. The fourth-order valence-electron chi connectivity index (χ4n) is 0.948. The molecule has 2 atom stereocenters. The molecule has 1 heterocycles. The molecule has 1 fully saturated rings. The lowest BCUT2D eigenvalue weighted by Crippen LogP contribution is -2.32. The van der Waals surface area contributed by atoms with Crippen LogP contribution in [0, 0.1) is 0 Å². The maximum Gasteiger partial charge on any atom is 0.408 e. The second-order valence-electron chi connectivity index (χ2n) is 2.37. The smallest absolute Gasteiger partial charge is 0.408 e. The third kappa shape index (κ3) is 1.10. The number of carbonyl (C=O) groups excluding carboxylic acids is 2. The molecule has 0 aromatic heterocycles. The maximum atomic E-state index is 10.7. The van der Waals surface area contributed by atoms with E-state index in [1.165, 1.54) is 6.92 Å². The first kappa shape index (κ1) is 7.05. The zero-order valence-corrected chi connectivity index (χ0v) is 5.88. The van der Waals surface area contributed by atoms with E-state index in [1.807, 2.05) is 0 Å². The molecule has 1 saturated heterocycles. The van der Waals surface area contributed by atoms with Crippen LogP contribution in [0.4, 0.5) is 4.79 Å². The van der Waals surface area contributed by atoms with Crippen molar-refractivity contribution in [2.75, 3.05) is 0 Å². The molecule has 0 aliphatic carbocycles. The van der Waals surface area contributed by atoms with E-state index in [0.29, 0.717) is 0 Å². The van der Waals surface area contributed by atoms with Crippen LogP contribution in [0.1, 0.15) is 13.8 Å². The van der Waals surface area contributed by atoms with Gasteiger partial charge in [0.15, 0.2) is 11.9 Å². The summed E-state index contributed by atoms with van der Waals surface area (Å²) in [5.41, 5.74) is 0. The van der Waals surface area contributed by atoms with Crippen LogP contribution in [0.25, 0.3) is 0 Å². The average Bonchev–Trinajstić information content (AvgIpc) is 2.10. The van der Waals surface area contributed by atoms with Gasteiger partial charge < -0.3 is 10.1 Å². The van der Waals surface area contributed by atoms with E-state index in [1.54, 1.807) is 6.92 Å². The lowest BCUT2D eigenvalue weighted by Gasteiger charge is -2.06. The molecule has 1 rings (SSSR count). The lowest BCUT2D eigenvalue weighted by atomic mass is 10.1. The maximum absolute atomic E-state index is 10.7. The molecule has 0 bridgehead atoms. The molecule has 0 spiro atoms. The van der Waals surface area contributed by atoms with E-state index < -0.39 is 12.2 Å². The summed E-state index contributed by atoms with van der Waals surface area (Å²) < 4.78 is 4.64. The van der Waals surface area contributed by atoms with E-state index >= 15 is 0 Å². The Morgan fingerprint density at radius 3 is 2.50 bits per heavy atom. The highest BCUT2D eigenvalue weighted by molar-refractivity contribution is 5.86. The number of ether oxygens (including phenoxy) is 1. The quantitative estimate of drug-likeness (QED) is 0.565. The summed E-state index contributed by atoms with van der Waals surface area (Å²) in [7, 11) is 0. The third-order valence-corrected chi connectivity index (χ3v) is 1.43. The topological polar surface area (TPSA) is 55.4 Å². The summed E-state index contributed by atoms with van der Waals surface area (Å²) in [6, 6.07) is -0.190. The Hall–Kier alpha value is -1.06. The van der Waals surface area contributed by atoms with Crippen molar-refractivity contribution in [1.82, 2.24) is 5.32 Å². The van der Waals surface area contributed by atoms with Crippen molar-refractivity contribution in [3.63, 3.8) is 0 Å². The summed E-state index contributed by atoms with van der Waals surface area (Å²) in [5, 5.41) is 2.47. The van der Waals surface area contributed by atoms with Crippen LogP contribution in [0.3, 0.4) is 0 Å². The lowest BCUT2D eigenvalue weighted by molar-refractivity contribution is -0.124. The molecule has 1 N–H and O–H groups in total. The van der Waals surface area contributed by atoms with Crippen molar-refractivity contribution in [3.05, 3.63) is 0 Å². The molecule has 1 unspecified atom stereocenters. The van der Waals surface area contributed by atoms with Crippen LogP contribution < -0.4 is 5.32 Å². The van der Waals surface area contributed by atoms with Crippen LogP contribution in [-0.4, -0.2) is 24.0 Å². The van der Waals surface area contributed by atoms with Gasteiger partial charge in [0, 0.05) is 0 Å². The zero-order valence-electron chi connectivity index (χ0n) is 5.88.